The van der Waals surface area contributed by atoms with Crippen LogP contribution in [0.1, 0.15) is 11.6 Å². The molecule has 0 heterocycles. The van der Waals surface area contributed by atoms with E-state index in [2.05, 4.69) is 15.9 Å². The maximum absolute atomic E-state index is 8.80. The van der Waals surface area contributed by atoms with Crippen LogP contribution in [0.2, 0.25) is 5.02 Å². The molecule has 1 atom stereocenters. The van der Waals surface area contributed by atoms with Crippen LogP contribution in [0.4, 0.5) is 0 Å². The summed E-state index contributed by atoms with van der Waals surface area (Å²) >= 11 is 9.20. The molecule has 0 radical (unpaired) electrons. The summed E-state index contributed by atoms with van der Waals surface area (Å²) in [5, 5.41) is 9.37. The maximum Gasteiger partial charge on any atom is 0.0624 e. The Kier molecular flexibility index (Phi) is 5.92. The molecule has 0 aliphatic rings. The molecule has 74 valence electrons. The van der Waals surface area contributed by atoms with Gasteiger partial charge >= 0.3 is 0 Å². The van der Waals surface area contributed by atoms with Crippen LogP contribution in [0.15, 0.2) is 22.7 Å². The van der Waals surface area contributed by atoms with E-state index in [1.807, 2.05) is 12.1 Å². The molecule has 1 aromatic carbocycles. The van der Waals surface area contributed by atoms with E-state index in [0.29, 0.717) is 5.02 Å². The maximum atomic E-state index is 8.80. The highest BCUT2D eigenvalue weighted by Crippen LogP contribution is 2.28. The van der Waals surface area contributed by atoms with Gasteiger partial charge in [0.1, 0.15) is 0 Å². The Morgan fingerprint density at radius 3 is 2.69 bits per heavy atom. The fourth-order valence-electron chi connectivity index (χ4n) is 0.905. The van der Waals surface area contributed by atoms with Crippen molar-refractivity contribution in [3.8, 4) is 0 Å². The van der Waals surface area contributed by atoms with E-state index in [1.165, 1.54) is 0 Å². The van der Waals surface area contributed by atoms with Crippen molar-refractivity contribution in [1.82, 2.24) is 0 Å². The van der Waals surface area contributed by atoms with Crippen molar-refractivity contribution >= 4 is 39.9 Å². The zero-order valence-corrected chi connectivity index (χ0v) is 9.86. The number of hydrogen-bond acceptors (Lipinski definition) is 2. The van der Waals surface area contributed by atoms with E-state index < -0.39 is 6.04 Å². The minimum Gasteiger partial charge on any atom is -0.394 e. The Hall–Kier alpha value is 0.200. The highest BCUT2D eigenvalue weighted by molar-refractivity contribution is 9.10. The van der Waals surface area contributed by atoms with Crippen LogP contribution in [0.25, 0.3) is 0 Å². The SMILES string of the molecule is Cl.N[C@H](CO)c1cccc(Br)c1Cl. The van der Waals surface area contributed by atoms with Gasteiger partial charge in [-0.25, -0.2) is 0 Å². The zero-order valence-electron chi connectivity index (χ0n) is 6.71. The van der Waals surface area contributed by atoms with Crippen LogP contribution in [0, 0.1) is 0 Å². The van der Waals surface area contributed by atoms with Gasteiger partial charge in [-0.2, -0.15) is 0 Å². The molecular weight excluding hydrogens is 277 g/mol. The lowest BCUT2D eigenvalue weighted by molar-refractivity contribution is 0.268. The number of rotatable bonds is 2. The molecule has 0 saturated carbocycles. The van der Waals surface area contributed by atoms with Crippen molar-refractivity contribution in [3.05, 3.63) is 33.3 Å². The van der Waals surface area contributed by atoms with Crippen molar-refractivity contribution in [1.29, 1.82) is 0 Å². The van der Waals surface area contributed by atoms with Gasteiger partial charge in [0.2, 0.25) is 0 Å². The fraction of sp³-hybridized carbons (Fsp3) is 0.250. The van der Waals surface area contributed by atoms with Crippen LogP contribution < -0.4 is 5.73 Å². The number of hydrogen-bond donors (Lipinski definition) is 2. The van der Waals surface area contributed by atoms with E-state index in [-0.39, 0.29) is 19.0 Å². The smallest absolute Gasteiger partial charge is 0.0624 e. The predicted octanol–water partition coefficient (Wildman–Crippen LogP) is 2.52. The molecule has 5 heteroatoms. The second-order valence-electron chi connectivity index (χ2n) is 2.43. The fourth-order valence-corrected chi connectivity index (χ4v) is 1.55. The molecule has 1 aromatic rings. The lowest BCUT2D eigenvalue weighted by Crippen LogP contribution is -2.14. The first kappa shape index (κ1) is 13.2. The average Bonchev–Trinajstić information content (AvgIpc) is 2.08. The summed E-state index contributed by atoms with van der Waals surface area (Å²) in [5.41, 5.74) is 6.37. The van der Waals surface area contributed by atoms with E-state index in [1.54, 1.807) is 6.07 Å². The minimum atomic E-state index is -0.407. The average molecular weight is 287 g/mol. The number of benzene rings is 1. The van der Waals surface area contributed by atoms with Crippen molar-refractivity contribution in [2.75, 3.05) is 6.61 Å². The van der Waals surface area contributed by atoms with E-state index >= 15 is 0 Å². The van der Waals surface area contributed by atoms with Gasteiger partial charge in [0.15, 0.2) is 0 Å². The molecule has 13 heavy (non-hydrogen) atoms. The highest BCUT2D eigenvalue weighted by Gasteiger charge is 2.10. The van der Waals surface area contributed by atoms with Crippen molar-refractivity contribution in [3.63, 3.8) is 0 Å². The first-order valence-electron chi connectivity index (χ1n) is 3.47. The Morgan fingerprint density at radius 2 is 2.15 bits per heavy atom. The summed E-state index contributed by atoms with van der Waals surface area (Å²) in [6.45, 7) is -0.101. The van der Waals surface area contributed by atoms with Gasteiger partial charge in [0, 0.05) is 4.47 Å². The summed E-state index contributed by atoms with van der Waals surface area (Å²) in [5.74, 6) is 0. The Bertz CT molecular complexity index is 283. The van der Waals surface area contributed by atoms with Gasteiger partial charge < -0.3 is 10.8 Å². The molecular formula is C8H10BrCl2NO. The third-order valence-corrected chi connectivity index (χ3v) is 2.89. The molecule has 0 spiro atoms. The van der Waals surface area contributed by atoms with Gasteiger partial charge in [-0.15, -0.1) is 12.4 Å². The second-order valence-corrected chi connectivity index (χ2v) is 3.66. The van der Waals surface area contributed by atoms with Crippen LogP contribution in [0.3, 0.4) is 0 Å². The summed E-state index contributed by atoms with van der Waals surface area (Å²) in [6.07, 6.45) is 0. The lowest BCUT2D eigenvalue weighted by Gasteiger charge is -2.10. The minimum absolute atomic E-state index is 0. The topological polar surface area (TPSA) is 46.2 Å². The van der Waals surface area contributed by atoms with Crippen LogP contribution in [-0.4, -0.2) is 11.7 Å². The van der Waals surface area contributed by atoms with Crippen molar-refractivity contribution in [2.45, 2.75) is 6.04 Å². The standard InChI is InChI=1S/C8H9BrClNO.ClH/c9-6-3-1-2-5(8(6)10)7(11)4-12;/h1-3,7,12H,4,11H2;1H/t7-;/m1./s1. The molecule has 0 bridgehead atoms. The zero-order chi connectivity index (χ0) is 9.14. The molecule has 0 fully saturated rings. The second kappa shape index (κ2) is 5.83. The van der Waals surface area contributed by atoms with Gasteiger partial charge in [0.25, 0.3) is 0 Å². The first-order valence-corrected chi connectivity index (χ1v) is 4.64. The molecule has 0 amide bonds. The van der Waals surface area contributed by atoms with Crippen LogP contribution in [-0.2, 0) is 0 Å². The number of halogens is 3. The molecule has 0 aliphatic carbocycles. The number of aliphatic hydroxyl groups excluding tert-OH is 1. The normalized spacial score (nSPS) is 12.0. The molecule has 0 aliphatic heterocycles. The molecule has 0 aromatic heterocycles. The Labute approximate surface area is 96.6 Å². The number of nitrogens with two attached hydrogens (primary N) is 1. The first-order chi connectivity index (χ1) is 5.66. The molecule has 0 saturated heterocycles. The summed E-state index contributed by atoms with van der Waals surface area (Å²) in [7, 11) is 0. The van der Waals surface area contributed by atoms with Gasteiger partial charge in [0.05, 0.1) is 17.7 Å². The quantitative estimate of drug-likeness (QED) is 0.878. The highest BCUT2D eigenvalue weighted by atomic mass is 79.9. The molecule has 0 unspecified atom stereocenters. The van der Waals surface area contributed by atoms with Crippen molar-refractivity contribution < 1.29 is 5.11 Å². The molecule has 1 rings (SSSR count). The van der Waals surface area contributed by atoms with Crippen LogP contribution in [0.5, 0.6) is 0 Å². The van der Waals surface area contributed by atoms with Crippen LogP contribution >= 0.6 is 39.9 Å². The van der Waals surface area contributed by atoms with Gasteiger partial charge in [-0.05, 0) is 27.6 Å². The largest absolute Gasteiger partial charge is 0.394 e. The van der Waals surface area contributed by atoms with Gasteiger partial charge in [-0.3, -0.25) is 0 Å². The summed E-state index contributed by atoms with van der Waals surface area (Å²) in [6, 6.07) is 5.06. The summed E-state index contributed by atoms with van der Waals surface area (Å²) in [4.78, 5) is 0. The van der Waals surface area contributed by atoms with E-state index in [9.17, 15) is 0 Å². The number of aliphatic hydroxyl groups is 1. The summed E-state index contributed by atoms with van der Waals surface area (Å²) < 4.78 is 0.797. The Balaban J connectivity index is 0.00000144. The van der Waals surface area contributed by atoms with Gasteiger partial charge in [-0.1, -0.05) is 23.7 Å². The lowest BCUT2D eigenvalue weighted by atomic mass is 10.1. The van der Waals surface area contributed by atoms with Crippen molar-refractivity contribution in [2.24, 2.45) is 5.73 Å². The third-order valence-electron chi connectivity index (χ3n) is 1.58. The predicted molar refractivity (Wildman–Crippen MR) is 60.4 cm³/mol. The Morgan fingerprint density at radius 1 is 1.54 bits per heavy atom. The van der Waals surface area contributed by atoms with E-state index in [0.717, 1.165) is 10.0 Å². The molecule has 2 nitrogen and oxygen atoms in total. The third kappa shape index (κ3) is 3.11. The monoisotopic (exact) mass is 285 g/mol. The van der Waals surface area contributed by atoms with E-state index in [4.69, 9.17) is 22.4 Å². The molecule has 3 N–H and O–H groups in total.